The van der Waals surface area contributed by atoms with Crippen LogP contribution in [0, 0.1) is 0 Å². The van der Waals surface area contributed by atoms with E-state index in [1.807, 2.05) is 0 Å². The zero-order valence-electron chi connectivity index (χ0n) is 28.7. The van der Waals surface area contributed by atoms with E-state index >= 15 is 0 Å². The Bertz CT molecular complexity index is 624. The molecule has 250 valence electrons. The first kappa shape index (κ1) is 41.4. The number of nitrogens with zero attached hydrogens (tertiary/aromatic N) is 2. The minimum absolute atomic E-state index is 0. The van der Waals surface area contributed by atoms with Crippen LogP contribution in [0.5, 0.6) is 0 Å². The van der Waals surface area contributed by atoms with Crippen molar-refractivity contribution in [2.45, 2.75) is 187 Å². The Balaban J connectivity index is 0.0000168. The Hall–Kier alpha value is -0.580. The summed E-state index contributed by atoms with van der Waals surface area (Å²) in [6, 6.07) is 0. The lowest BCUT2D eigenvalue weighted by Crippen LogP contribution is -3.00. The summed E-state index contributed by atoms with van der Waals surface area (Å²) in [5.41, 5.74) is 0. The smallest absolute Gasteiger partial charge is 0.248 e. The first-order valence-electron chi connectivity index (χ1n) is 18.6. The van der Waals surface area contributed by atoms with Gasteiger partial charge >= 0.3 is 0 Å². The fraction of sp³-hybridized carbons (Fsp3) is 0.919. The van der Waals surface area contributed by atoms with Gasteiger partial charge in [0.25, 0.3) is 0 Å². The van der Waals surface area contributed by atoms with E-state index in [4.69, 9.17) is 0 Å². The number of hydrogen-bond donors (Lipinski definition) is 2. The van der Waals surface area contributed by atoms with Crippen LogP contribution in [-0.2, 0) is 0 Å². The Morgan fingerprint density at radius 1 is 0.690 bits per heavy atom. The summed E-state index contributed by atoms with van der Waals surface area (Å²) >= 11 is 0. The largest absolute Gasteiger partial charge is 1.00 e. The molecular formula is C37H74ClN3O. The van der Waals surface area contributed by atoms with Crippen molar-refractivity contribution in [2.24, 2.45) is 0 Å². The van der Waals surface area contributed by atoms with Gasteiger partial charge in [-0.1, -0.05) is 142 Å². The number of rotatable bonds is 31. The van der Waals surface area contributed by atoms with Crippen molar-refractivity contribution in [3.63, 3.8) is 0 Å². The van der Waals surface area contributed by atoms with Crippen molar-refractivity contribution in [1.29, 1.82) is 0 Å². The van der Waals surface area contributed by atoms with Crippen LogP contribution < -0.4 is 17.7 Å². The second-order valence-corrected chi connectivity index (χ2v) is 12.8. The van der Waals surface area contributed by atoms with Crippen molar-refractivity contribution in [3.05, 3.63) is 12.2 Å². The third-order valence-corrected chi connectivity index (χ3v) is 9.03. The normalized spacial score (nSPS) is 14.3. The molecule has 0 aliphatic carbocycles. The maximum absolute atomic E-state index is 9.59. The molecule has 1 atom stereocenters. The van der Waals surface area contributed by atoms with E-state index in [1.165, 1.54) is 160 Å². The fourth-order valence-corrected chi connectivity index (χ4v) is 6.31. The number of halogens is 1. The molecule has 42 heavy (non-hydrogen) atoms. The van der Waals surface area contributed by atoms with Crippen LogP contribution in [-0.4, -0.2) is 59.4 Å². The van der Waals surface area contributed by atoms with Gasteiger partial charge in [0.05, 0.1) is 6.61 Å². The minimum Gasteiger partial charge on any atom is -1.00 e. The van der Waals surface area contributed by atoms with E-state index in [0.717, 1.165) is 32.6 Å². The van der Waals surface area contributed by atoms with Crippen LogP contribution in [0.1, 0.15) is 181 Å². The first-order valence-corrected chi connectivity index (χ1v) is 18.6. The molecule has 0 aromatic rings. The van der Waals surface area contributed by atoms with Gasteiger partial charge < -0.3 is 17.5 Å². The summed E-state index contributed by atoms with van der Waals surface area (Å²) in [5, 5.41) is 13.4. The van der Waals surface area contributed by atoms with Gasteiger partial charge in [-0.05, 0) is 52.0 Å². The Morgan fingerprint density at radius 3 is 1.64 bits per heavy atom. The van der Waals surface area contributed by atoms with Crippen molar-refractivity contribution in [3.8, 4) is 0 Å². The fourth-order valence-electron chi connectivity index (χ4n) is 6.31. The zero-order chi connectivity index (χ0) is 29.6. The molecule has 0 fully saturated rings. The lowest BCUT2D eigenvalue weighted by Gasteiger charge is -2.17. The standard InChI is InChI=1S/C37H74N3O.ClH/c1-4-6-8-10-12-14-16-17-18-19-20-21-23-25-27-29-31-38-36(3)40-33-32-39(34-35-41)37(40)30-28-26-24-22-15-13-11-9-7-5-2;/h17-18,36,38,41H,4-16,19-35H2,1-3H3;1H/q+1;/p-1. The van der Waals surface area contributed by atoms with Crippen LogP contribution in [0.4, 0.5) is 0 Å². The summed E-state index contributed by atoms with van der Waals surface area (Å²) in [6.45, 7) is 11.2. The third kappa shape index (κ3) is 22.9. The third-order valence-electron chi connectivity index (χ3n) is 9.03. The van der Waals surface area contributed by atoms with Crippen LogP contribution in [0.25, 0.3) is 0 Å². The highest BCUT2D eigenvalue weighted by Gasteiger charge is 2.31. The van der Waals surface area contributed by atoms with Gasteiger partial charge in [-0.25, -0.2) is 4.58 Å². The average Bonchev–Trinajstić information content (AvgIpc) is 3.38. The molecule has 0 aromatic heterocycles. The number of aliphatic hydroxyl groups excluding tert-OH is 1. The molecule has 1 aliphatic rings. The highest BCUT2D eigenvalue weighted by Crippen LogP contribution is 2.15. The lowest BCUT2D eigenvalue weighted by molar-refractivity contribution is -0.560. The number of amidine groups is 1. The van der Waals surface area contributed by atoms with Crippen molar-refractivity contribution in [1.82, 2.24) is 10.2 Å². The molecule has 0 amide bonds. The van der Waals surface area contributed by atoms with Gasteiger partial charge in [-0.2, -0.15) is 0 Å². The monoisotopic (exact) mass is 612 g/mol. The molecule has 0 aromatic carbocycles. The van der Waals surface area contributed by atoms with Crippen LogP contribution in [0.2, 0.25) is 0 Å². The minimum atomic E-state index is 0. The van der Waals surface area contributed by atoms with E-state index < -0.39 is 0 Å². The molecule has 4 nitrogen and oxygen atoms in total. The maximum atomic E-state index is 9.59. The van der Waals surface area contributed by atoms with E-state index in [0.29, 0.717) is 6.17 Å². The Morgan fingerprint density at radius 2 is 1.14 bits per heavy atom. The molecule has 0 radical (unpaired) electrons. The Labute approximate surface area is 270 Å². The molecule has 1 heterocycles. The molecule has 1 unspecified atom stereocenters. The molecule has 1 aliphatic heterocycles. The predicted molar refractivity (Wildman–Crippen MR) is 182 cm³/mol. The lowest BCUT2D eigenvalue weighted by atomic mass is 10.1. The van der Waals surface area contributed by atoms with Crippen molar-refractivity contribution >= 4 is 5.84 Å². The Kier molecular flexibility index (Phi) is 31.4. The molecule has 0 saturated heterocycles. The summed E-state index contributed by atoms with van der Waals surface area (Å²) in [7, 11) is 0. The van der Waals surface area contributed by atoms with E-state index in [9.17, 15) is 5.11 Å². The number of unbranched alkanes of at least 4 members (excludes halogenated alkanes) is 21. The van der Waals surface area contributed by atoms with Crippen molar-refractivity contribution in [2.75, 3.05) is 32.8 Å². The summed E-state index contributed by atoms with van der Waals surface area (Å²) in [4.78, 5) is 2.44. The first-order chi connectivity index (χ1) is 20.2. The maximum Gasteiger partial charge on any atom is 0.248 e. The van der Waals surface area contributed by atoms with Crippen molar-refractivity contribution < 1.29 is 22.1 Å². The van der Waals surface area contributed by atoms with Crippen LogP contribution in [0.15, 0.2) is 12.2 Å². The highest BCUT2D eigenvalue weighted by atomic mass is 35.5. The van der Waals surface area contributed by atoms with Gasteiger partial charge in [-0.3, -0.25) is 10.2 Å². The molecular weight excluding hydrogens is 538 g/mol. The number of hydrogen-bond acceptors (Lipinski definition) is 3. The zero-order valence-corrected chi connectivity index (χ0v) is 29.4. The average molecular weight is 612 g/mol. The van der Waals surface area contributed by atoms with Gasteiger partial charge in [0.2, 0.25) is 5.84 Å². The van der Waals surface area contributed by atoms with Gasteiger partial charge in [-0.15, -0.1) is 0 Å². The number of β-amino-alcohol motifs (C(OH)–C–C–N with tert-alkyl or cyclic N) is 1. The molecule has 0 spiro atoms. The van der Waals surface area contributed by atoms with Gasteiger partial charge in [0.15, 0.2) is 0 Å². The number of aliphatic hydroxyl groups is 1. The van der Waals surface area contributed by atoms with Crippen LogP contribution >= 0.6 is 0 Å². The predicted octanol–water partition coefficient (Wildman–Crippen LogP) is 6.99. The quantitative estimate of drug-likeness (QED) is 0.0504. The molecule has 1 rings (SSSR count). The molecule has 5 heteroatoms. The molecule has 2 N–H and O–H groups in total. The summed E-state index contributed by atoms with van der Waals surface area (Å²) in [6.07, 6.45) is 39.4. The van der Waals surface area contributed by atoms with Gasteiger partial charge in [0.1, 0.15) is 25.8 Å². The number of nitrogens with one attached hydrogen (secondary N) is 1. The van der Waals surface area contributed by atoms with Crippen LogP contribution in [0.3, 0.4) is 0 Å². The summed E-state index contributed by atoms with van der Waals surface area (Å²) in [5.74, 6) is 1.47. The molecule has 0 saturated carbocycles. The SMILES string of the molecule is CCCCCCCCC=CCCCCCCCCNC(C)[N+]1=C(CCCCCCCCCCCC)N(CCO)CC1.[Cl-]. The molecule has 0 bridgehead atoms. The summed E-state index contributed by atoms with van der Waals surface area (Å²) < 4.78 is 2.59. The van der Waals surface area contributed by atoms with E-state index in [1.54, 1.807) is 0 Å². The van der Waals surface area contributed by atoms with E-state index in [2.05, 4.69) is 47.7 Å². The second kappa shape index (κ2) is 31.8. The van der Waals surface area contributed by atoms with Gasteiger partial charge in [0, 0.05) is 6.42 Å². The number of allylic oxidation sites excluding steroid dienone is 2. The second-order valence-electron chi connectivity index (χ2n) is 12.8. The van der Waals surface area contributed by atoms with E-state index in [-0.39, 0.29) is 19.0 Å². The highest BCUT2D eigenvalue weighted by molar-refractivity contribution is 5.78. The topological polar surface area (TPSA) is 38.5 Å².